The van der Waals surface area contributed by atoms with E-state index in [0.29, 0.717) is 17.0 Å². The first-order valence-electron chi connectivity index (χ1n) is 5.83. The third-order valence-corrected chi connectivity index (χ3v) is 4.36. The molecule has 0 saturated carbocycles. The van der Waals surface area contributed by atoms with Gasteiger partial charge in [-0.15, -0.1) is 0 Å². The molecule has 0 aliphatic carbocycles. The molecular formula is C15H14N2OS. The number of nitrogen functional groups attached to an aromatic ring is 1. The van der Waals surface area contributed by atoms with Gasteiger partial charge < -0.3 is 5.73 Å². The molecule has 0 aliphatic rings. The topological polar surface area (TPSA) is 66.9 Å². The Balaban J connectivity index is 2.21. The van der Waals surface area contributed by atoms with Gasteiger partial charge in [0.25, 0.3) is 0 Å². The molecule has 96 valence electrons. The van der Waals surface area contributed by atoms with Gasteiger partial charge in [-0.2, -0.15) is 5.26 Å². The zero-order valence-corrected chi connectivity index (χ0v) is 11.4. The SMILES string of the molecule is Cc1ccc(N)cc1S(=O)Cc1ccc(C#N)cc1. The molecule has 2 N–H and O–H groups in total. The summed E-state index contributed by atoms with van der Waals surface area (Å²) in [4.78, 5) is 0.768. The Morgan fingerprint density at radius 2 is 1.89 bits per heavy atom. The largest absolute Gasteiger partial charge is 0.399 e. The molecule has 19 heavy (non-hydrogen) atoms. The summed E-state index contributed by atoms with van der Waals surface area (Å²) in [6, 6.07) is 14.6. The molecular weight excluding hydrogens is 256 g/mol. The minimum absolute atomic E-state index is 0.427. The zero-order valence-electron chi connectivity index (χ0n) is 10.6. The highest BCUT2D eigenvalue weighted by molar-refractivity contribution is 7.84. The highest BCUT2D eigenvalue weighted by Crippen LogP contribution is 2.19. The lowest BCUT2D eigenvalue weighted by Gasteiger charge is -2.07. The number of rotatable bonds is 3. The summed E-state index contributed by atoms with van der Waals surface area (Å²) in [6.45, 7) is 1.92. The number of anilines is 1. The molecule has 0 spiro atoms. The molecule has 1 unspecified atom stereocenters. The first-order valence-corrected chi connectivity index (χ1v) is 7.15. The number of aryl methyl sites for hydroxylation is 1. The smallest absolute Gasteiger partial charge is 0.0991 e. The van der Waals surface area contributed by atoms with Crippen molar-refractivity contribution in [1.29, 1.82) is 5.26 Å². The fourth-order valence-electron chi connectivity index (χ4n) is 1.77. The molecule has 3 nitrogen and oxygen atoms in total. The van der Waals surface area contributed by atoms with Gasteiger partial charge in [-0.25, -0.2) is 0 Å². The third-order valence-electron chi connectivity index (χ3n) is 2.84. The fourth-order valence-corrected chi connectivity index (χ4v) is 3.11. The van der Waals surface area contributed by atoms with Crippen LogP contribution in [-0.4, -0.2) is 4.21 Å². The van der Waals surface area contributed by atoms with Gasteiger partial charge in [-0.1, -0.05) is 18.2 Å². The number of hydrogen-bond donors (Lipinski definition) is 1. The van der Waals surface area contributed by atoms with Gasteiger partial charge in [0.2, 0.25) is 0 Å². The lowest BCUT2D eigenvalue weighted by atomic mass is 10.2. The van der Waals surface area contributed by atoms with Crippen LogP contribution in [0.3, 0.4) is 0 Å². The average molecular weight is 270 g/mol. The van der Waals surface area contributed by atoms with Crippen LogP contribution in [0.25, 0.3) is 0 Å². The van der Waals surface area contributed by atoms with Crippen LogP contribution in [0.5, 0.6) is 0 Å². The number of hydrogen-bond acceptors (Lipinski definition) is 3. The summed E-state index contributed by atoms with van der Waals surface area (Å²) in [5, 5.41) is 8.73. The van der Waals surface area contributed by atoms with Crippen molar-refractivity contribution in [1.82, 2.24) is 0 Å². The molecule has 4 heteroatoms. The molecule has 0 heterocycles. The second-order valence-electron chi connectivity index (χ2n) is 4.32. The number of nitrogens with two attached hydrogens (primary N) is 1. The minimum atomic E-state index is -1.13. The van der Waals surface area contributed by atoms with Crippen molar-refractivity contribution in [3.05, 3.63) is 59.2 Å². The van der Waals surface area contributed by atoms with Crippen LogP contribution in [0.1, 0.15) is 16.7 Å². The zero-order chi connectivity index (χ0) is 13.8. The standard InChI is InChI=1S/C15H14N2OS/c1-11-2-7-14(17)8-15(11)19(18)10-13-5-3-12(9-16)4-6-13/h2-8H,10,17H2,1H3. The first-order chi connectivity index (χ1) is 9.10. The quantitative estimate of drug-likeness (QED) is 0.872. The Labute approximate surface area is 115 Å². The van der Waals surface area contributed by atoms with Gasteiger partial charge in [0.1, 0.15) is 0 Å². The maximum atomic E-state index is 12.3. The van der Waals surface area contributed by atoms with E-state index < -0.39 is 10.8 Å². The average Bonchev–Trinajstić information content (AvgIpc) is 2.42. The summed E-state index contributed by atoms with van der Waals surface area (Å²) in [5.41, 5.74) is 8.87. The van der Waals surface area contributed by atoms with E-state index in [4.69, 9.17) is 11.0 Å². The van der Waals surface area contributed by atoms with Gasteiger partial charge in [0.05, 0.1) is 28.2 Å². The number of nitriles is 1. The van der Waals surface area contributed by atoms with E-state index in [2.05, 4.69) is 6.07 Å². The minimum Gasteiger partial charge on any atom is -0.399 e. The Morgan fingerprint density at radius 3 is 2.53 bits per heavy atom. The van der Waals surface area contributed by atoms with E-state index in [-0.39, 0.29) is 0 Å². The van der Waals surface area contributed by atoms with Crippen molar-refractivity contribution < 1.29 is 4.21 Å². The Kier molecular flexibility index (Phi) is 3.98. The van der Waals surface area contributed by atoms with Crippen LogP contribution in [-0.2, 0) is 16.6 Å². The van der Waals surface area contributed by atoms with Crippen molar-refractivity contribution in [3.63, 3.8) is 0 Å². The lowest BCUT2D eigenvalue weighted by molar-refractivity contribution is 0.682. The van der Waals surface area contributed by atoms with E-state index in [0.717, 1.165) is 16.0 Å². The normalized spacial score (nSPS) is 11.8. The molecule has 0 aliphatic heterocycles. The van der Waals surface area contributed by atoms with Crippen LogP contribution in [0, 0.1) is 18.3 Å². The molecule has 2 rings (SSSR count). The van der Waals surface area contributed by atoms with Gasteiger partial charge in [0, 0.05) is 10.6 Å². The fraction of sp³-hybridized carbons (Fsp3) is 0.133. The van der Waals surface area contributed by atoms with Crippen LogP contribution < -0.4 is 5.73 Å². The van der Waals surface area contributed by atoms with E-state index in [1.165, 1.54) is 0 Å². The van der Waals surface area contributed by atoms with Crippen molar-refractivity contribution >= 4 is 16.5 Å². The van der Waals surface area contributed by atoms with E-state index in [9.17, 15) is 4.21 Å². The molecule has 1 atom stereocenters. The number of benzene rings is 2. The second kappa shape index (κ2) is 5.68. The second-order valence-corrected chi connectivity index (χ2v) is 5.74. The third kappa shape index (κ3) is 3.21. The predicted molar refractivity (Wildman–Crippen MR) is 76.9 cm³/mol. The van der Waals surface area contributed by atoms with Gasteiger partial charge in [-0.3, -0.25) is 4.21 Å². The maximum absolute atomic E-state index is 12.3. The predicted octanol–water partition coefficient (Wildman–Crippen LogP) is 2.76. The molecule has 0 amide bonds. The van der Waals surface area contributed by atoms with Crippen molar-refractivity contribution in [2.75, 3.05) is 5.73 Å². The van der Waals surface area contributed by atoms with Crippen LogP contribution >= 0.6 is 0 Å². The molecule has 0 saturated heterocycles. The molecule has 0 fully saturated rings. The summed E-state index contributed by atoms with van der Waals surface area (Å²) < 4.78 is 12.3. The summed E-state index contributed by atoms with van der Waals surface area (Å²) in [7, 11) is -1.13. The maximum Gasteiger partial charge on any atom is 0.0991 e. The lowest BCUT2D eigenvalue weighted by Crippen LogP contribution is -2.00. The van der Waals surface area contributed by atoms with Crippen LogP contribution in [0.15, 0.2) is 47.4 Å². The number of nitrogens with zero attached hydrogens (tertiary/aromatic N) is 1. The summed E-state index contributed by atoms with van der Waals surface area (Å²) in [5.74, 6) is 0.427. The van der Waals surface area contributed by atoms with E-state index in [1.54, 1.807) is 24.3 Å². The molecule has 0 aromatic heterocycles. The van der Waals surface area contributed by atoms with Crippen LogP contribution in [0.2, 0.25) is 0 Å². The Morgan fingerprint density at radius 1 is 1.21 bits per heavy atom. The highest BCUT2D eigenvalue weighted by Gasteiger charge is 2.09. The highest BCUT2D eigenvalue weighted by atomic mass is 32.2. The van der Waals surface area contributed by atoms with E-state index in [1.807, 2.05) is 25.1 Å². The Hall–Kier alpha value is -2.12. The Bertz CT molecular complexity index is 657. The van der Waals surface area contributed by atoms with Gasteiger partial charge in [-0.05, 0) is 42.3 Å². The molecule has 2 aromatic rings. The van der Waals surface area contributed by atoms with Crippen molar-refractivity contribution in [2.45, 2.75) is 17.6 Å². The molecule has 2 aromatic carbocycles. The molecule has 0 bridgehead atoms. The first kappa shape index (κ1) is 13.3. The molecule has 0 radical (unpaired) electrons. The van der Waals surface area contributed by atoms with Gasteiger partial charge >= 0.3 is 0 Å². The summed E-state index contributed by atoms with van der Waals surface area (Å²) in [6.07, 6.45) is 0. The monoisotopic (exact) mass is 270 g/mol. The van der Waals surface area contributed by atoms with Gasteiger partial charge in [0.15, 0.2) is 0 Å². The van der Waals surface area contributed by atoms with Crippen molar-refractivity contribution in [2.24, 2.45) is 0 Å². The van der Waals surface area contributed by atoms with Crippen LogP contribution in [0.4, 0.5) is 5.69 Å². The van der Waals surface area contributed by atoms with Crippen molar-refractivity contribution in [3.8, 4) is 6.07 Å². The summed E-state index contributed by atoms with van der Waals surface area (Å²) >= 11 is 0. The van der Waals surface area contributed by atoms with E-state index >= 15 is 0 Å².